The van der Waals surface area contributed by atoms with Gasteiger partial charge in [-0.15, -0.1) is 0 Å². The third-order valence-electron chi connectivity index (χ3n) is 2.55. The Hall–Kier alpha value is -0.880. The molecule has 5 nitrogen and oxygen atoms in total. The molecule has 0 aliphatic carbocycles. The molecule has 2 rings (SSSR count). The highest BCUT2D eigenvalue weighted by atomic mass is 32.1. The molecule has 1 aliphatic heterocycles. The fourth-order valence-electron chi connectivity index (χ4n) is 1.80. The topological polar surface area (TPSA) is 64.3 Å². The summed E-state index contributed by atoms with van der Waals surface area (Å²) in [7, 11) is 0. The van der Waals surface area contributed by atoms with Gasteiger partial charge in [-0.2, -0.15) is 9.36 Å². The molecule has 0 amide bonds. The van der Waals surface area contributed by atoms with Crippen LogP contribution in [0.25, 0.3) is 0 Å². The molecule has 6 heteroatoms. The van der Waals surface area contributed by atoms with Crippen molar-refractivity contribution in [1.82, 2.24) is 9.36 Å². The Labute approximate surface area is 93.4 Å². The summed E-state index contributed by atoms with van der Waals surface area (Å²) in [5.41, 5.74) is 5.50. The normalized spacial score (nSPS) is 18.3. The maximum Gasteiger partial charge on any atom is 0.233 e. The molecule has 0 atom stereocenters. The molecule has 0 radical (unpaired) electrons. The minimum atomic E-state index is 0.377. The van der Waals surface area contributed by atoms with E-state index in [-0.39, 0.29) is 0 Å². The van der Waals surface area contributed by atoms with Crippen LogP contribution < -0.4 is 10.6 Å². The number of nitrogens with zero attached hydrogens (tertiary/aromatic N) is 3. The Morgan fingerprint density at radius 1 is 1.53 bits per heavy atom. The van der Waals surface area contributed by atoms with Gasteiger partial charge >= 0.3 is 0 Å². The maximum atomic E-state index is 5.59. The second-order valence-electron chi connectivity index (χ2n) is 3.58. The second-order valence-corrected chi connectivity index (χ2v) is 4.31. The number of hydrogen-bond donors (Lipinski definition) is 1. The molecule has 0 spiro atoms. The van der Waals surface area contributed by atoms with Gasteiger partial charge in [-0.05, 0) is 19.8 Å². The van der Waals surface area contributed by atoms with Gasteiger partial charge in [-0.3, -0.25) is 0 Å². The molecule has 15 heavy (non-hydrogen) atoms. The van der Waals surface area contributed by atoms with Crippen LogP contribution in [0, 0.1) is 0 Å². The fourth-order valence-corrected chi connectivity index (χ4v) is 2.45. The van der Waals surface area contributed by atoms with Crippen LogP contribution in [0.2, 0.25) is 0 Å². The van der Waals surface area contributed by atoms with E-state index in [1.54, 1.807) is 0 Å². The molecular formula is C9H16N4OS. The van der Waals surface area contributed by atoms with Crippen LogP contribution >= 0.6 is 11.5 Å². The summed E-state index contributed by atoms with van der Waals surface area (Å²) < 4.78 is 9.57. The first-order valence-electron chi connectivity index (χ1n) is 5.25. The van der Waals surface area contributed by atoms with Gasteiger partial charge in [0.05, 0.1) is 6.10 Å². The van der Waals surface area contributed by atoms with Gasteiger partial charge in [0.2, 0.25) is 11.1 Å². The molecule has 1 fully saturated rings. The zero-order valence-corrected chi connectivity index (χ0v) is 9.66. The average Bonchev–Trinajstić information content (AvgIpc) is 2.67. The molecule has 0 aromatic carbocycles. The summed E-state index contributed by atoms with van der Waals surface area (Å²) in [6.45, 7) is 4.81. The molecule has 2 N–H and O–H groups in total. The molecule has 1 aromatic rings. The van der Waals surface area contributed by atoms with Crippen molar-refractivity contribution in [2.24, 2.45) is 0 Å². The van der Waals surface area contributed by atoms with E-state index in [0.29, 0.717) is 12.1 Å². The molecular weight excluding hydrogens is 212 g/mol. The highest BCUT2D eigenvalue weighted by Crippen LogP contribution is 2.23. The Kier molecular flexibility index (Phi) is 3.37. The van der Waals surface area contributed by atoms with Crippen molar-refractivity contribution >= 4 is 22.6 Å². The Morgan fingerprint density at radius 2 is 2.27 bits per heavy atom. The van der Waals surface area contributed by atoms with Crippen molar-refractivity contribution in [2.75, 3.05) is 30.3 Å². The Bertz CT molecular complexity index is 309. The van der Waals surface area contributed by atoms with Crippen molar-refractivity contribution in [3.05, 3.63) is 0 Å². The van der Waals surface area contributed by atoms with Crippen LogP contribution in [0.15, 0.2) is 0 Å². The first kappa shape index (κ1) is 10.6. The smallest absolute Gasteiger partial charge is 0.233 e. The number of anilines is 2. The standard InChI is InChI=1S/C9H16N4OS/c1-2-14-7-3-5-13(6-4-7)9-11-8(10)12-15-9/h7H,2-6H2,1H3,(H2,10,12). The molecule has 0 unspecified atom stereocenters. The van der Waals surface area contributed by atoms with Crippen molar-refractivity contribution in [1.29, 1.82) is 0 Å². The van der Waals surface area contributed by atoms with Gasteiger partial charge in [0.15, 0.2) is 0 Å². The largest absolute Gasteiger partial charge is 0.378 e. The predicted octanol–water partition coefficient (Wildman–Crippen LogP) is 1.13. The third-order valence-corrected chi connectivity index (χ3v) is 3.34. The first-order valence-corrected chi connectivity index (χ1v) is 6.02. The van der Waals surface area contributed by atoms with Crippen molar-refractivity contribution in [3.8, 4) is 0 Å². The number of ether oxygens (including phenoxy) is 1. The van der Waals surface area contributed by atoms with E-state index >= 15 is 0 Å². The molecule has 1 aliphatic rings. The minimum Gasteiger partial charge on any atom is -0.378 e. The highest BCUT2D eigenvalue weighted by molar-refractivity contribution is 7.09. The van der Waals surface area contributed by atoms with E-state index in [4.69, 9.17) is 10.5 Å². The van der Waals surface area contributed by atoms with Gasteiger partial charge in [-0.25, -0.2) is 0 Å². The third kappa shape index (κ3) is 2.57. The summed E-state index contributed by atoms with van der Waals surface area (Å²) in [6, 6.07) is 0. The van der Waals surface area contributed by atoms with Crippen LogP contribution in [0.5, 0.6) is 0 Å². The Morgan fingerprint density at radius 3 is 2.80 bits per heavy atom. The summed E-state index contributed by atoms with van der Waals surface area (Å²) in [6.07, 6.45) is 2.54. The molecule has 2 heterocycles. The fraction of sp³-hybridized carbons (Fsp3) is 0.778. The van der Waals surface area contributed by atoms with Crippen LogP contribution in [-0.2, 0) is 4.74 Å². The van der Waals surface area contributed by atoms with Crippen LogP contribution in [0.1, 0.15) is 19.8 Å². The first-order chi connectivity index (χ1) is 7.29. The lowest BCUT2D eigenvalue weighted by Crippen LogP contribution is -2.37. The molecule has 0 bridgehead atoms. The second kappa shape index (κ2) is 4.76. The number of nitrogens with two attached hydrogens (primary N) is 1. The highest BCUT2D eigenvalue weighted by Gasteiger charge is 2.21. The molecule has 84 valence electrons. The zero-order valence-electron chi connectivity index (χ0n) is 8.85. The lowest BCUT2D eigenvalue weighted by molar-refractivity contribution is 0.0459. The van der Waals surface area contributed by atoms with Crippen molar-refractivity contribution in [3.63, 3.8) is 0 Å². The van der Waals surface area contributed by atoms with Gasteiger partial charge < -0.3 is 15.4 Å². The average molecular weight is 228 g/mol. The van der Waals surface area contributed by atoms with E-state index < -0.39 is 0 Å². The lowest BCUT2D eigenvalue weighted by atomic mass is 10.1. The van der Waals surface area contributed by atoms with Crippen molar-refractivity contribution < 1.29 is 4.74 Å². The van der Waals surface area contributed by atoms with Gasteiger partial charge in [0.1, 0.15) is 0 Å². The summed E-state index contributed by atoms with van der Waals surface area (Å²) >= 11 is 1.37. The van der Waals surface area contributed by atoms with Crippen LogP contribution in [0.3, 0.4) is 0 Å². The van der Waals surface area contributed by atoms with E-state index in [1.165, 1.54) is 11.5 Å². The number of piperidine rings is 1. The number of aromatic nitrogens is 2. The van der Waals surface area contributed by atoms with Gasteiger partial charge in [-0.1, -0.05) is 0 Å². The van der Waals surface area contributed by atoms with Gasteiger partial charge in [0, 0.05) is 31.2 Å². The maximum absolute atomic E-state index is 5.59. The molecule has 0 saturated carbocycles. The quantitative estimate of drug-likeness (QED) is 0.840. The van der Waals surface area contributed by atoms with Crippen molar-refractivity contribution in [2.45, 2.75) is 25.9 Å². The lowest BCUT2D eigenvalue weighted by Gasteiger charge is -2.31. The predicted molar refractivity (Wildman–Crippen MR) is 61.2 cm³/mol. The SMILES string of the molecule is CCOC1CCN(c2nc(N)ns2)CC1. The number of rotatable bonds is 3. The Balaban J connectivity index is 1.88. The van der Waals surface area contributed by atoms with E-state index in [0.717, 1.165) is 37.7 Å². The van der Waals surface area contributed by atoms with Crippen LogP contribution in [-0.4, -0.2) is 35.2 Å². The summed E-state index contributed by atoms with van der Waals surface area (Å²) in [5.74, 6) is 0.377. The summed E-state index contributed by atoms with van der Waals surface area (Å²) in [5, 5.41) is 0.933. The molecule has 1 saturated heterocycles. The van der Waals surface area contributed by atoms with Crippen LogP contribution in [0.4, 0.5) is 11.1 Å². The van der Waals surface area contributed by atoms with E-state index in [9.17, 15) is 0 Å². The number of hydrogen-bond acceptors (Lipinski definition) is 6. The van der Waals surface area contributed by atoms with E-state index in [1.807, 2.05) is 6.92 Å². The zero-order chi connectivity index (χ0) is 10.7. The summed E-state index contributed by atoms with van der Waals surface area (Å²) in [4.78, 5) is 6.40. The minimum absolute atomic E-state index is 0.377. The monoisotopic (exact) mass is 228 g/mol. The molecule has 1 aromatic heterocycles. The van der Waals surface area contributed by atoms with Gasteiger partial charge in [0.25, 0.3) is 0 Å². The number of nitrogen functional groups attached to an aromatic ring is 1. The van der Waals surface area contributed by atoms with E-state index in [2.05, 4.69) is 14.3 Å².